The number of rotatable bonds is 3. The van der Waals surface area contributed by atoms with Crippen molar-refractivity contribution in [2.45, 2.75) is 0 Å². The fourth-order valence-electron chi connectivity index (χ4n) is 2.26. The topological polar surface area (TPSA) is 78.4 Å². The van der Waals surface area contributed by atoms with Gasteiger partial charge in [0.1, 0.15) is 5.69 Å². The van der Waals surface area contributed by atoms with Crippen LogP contribution in [0.2, 0.25) is 0 Å². The second kappa shape index (κ2) is 5.34. The number of carbonyl (C=O) groups is 1. The van der Waals surface area contributed by atoms with E-state index >= 15 is 0 Å². The summed E-state index contributed by atoms with van der Waals surface area (Å²) in [5.74, 6) is -1.01. The number of benzene rings is 1. The number of aromatic carboxylic acids is 1. The first kappa shape index (κ1) is 12.7. The number of ether oxygens (including phenoxy) is 1. The molecule has 6 heteroatoms. The number of hydrogen-bond acceptors (Lipinski definition) is 4. The van der Waals surface area contributed by atoms with Crippen LogP contribution in [0.3, 0.4) is 0 Å². The molecule has 2 aromatic rings. The van der Waals surface area contributed by atoms with Gasteiger partial charge in [0.2, 0.25) is 0 Å². The third-order valence-corrected chi connectivity index (χ3v) is 3.33. The number of aromatic amines is 1. The molecule has 0 bridgehead atoms. The number of nitrogens with one attached hydrogen (secondary N) is 1. The molecule has 3 rings (SSSR count). The Labute approximate surface area is 116 Å². The molecular formula is C14H15N3O3. The van der Waals surface area contributed by atoms with Gasteiger partial charge in [-0.1, -0.05) is 12.1 Å². The van der Waals surface area contributed by atoms with Crippen molar-refractivity contribution < 1.29 is 14.6 Å². The van der Waals surface area contributed by atoms with Crippen LogP contribution in [0.25, 0.3) is 11.3 Å². The van der Waals surface area contributed by atoms with Gasteiger partial charge in [-0.05, 0) is 18.2 Å². The van der Waals surface area contributed by atoms with E-state index in [1.165, 1.54) is 0 Å². The lowest BCUT2D eigenvalue weighted by Gasteiger charge is -2.29. The quantitative estimate of drug-likeness (QED) is 0.888. The first-order chi connectivity index (χ1) is 9.74. The van der Waals surface area contributed by atoms with E-state index < -0.39 is 5.97 Å². The summed E-state index contributed by atoms with van der Waals surface area (Å²) in [5.41, 5.74) is 2.73. The third kappa shape index (κ3) is 2.50. The second-order valence-electron chi connectivity index (χ2n) is 4.62. The zero-order valence-corrected chi connectivity index (χ0v) is 10.9. The Bertz CT molecular complexity index is 618. The molecule has 1 aromatic heterocycles. The maximum atomic E-state index is 10.9. The van der Waals surface area contributed by atoms with Crippen molar-refractivity contribution >= 4 is 11.7 Å². The van der Waals surface area contributed by atoms with Crippen LogP contribution in [0.5, 0.6) is 0 Å². The summed E-state index contributed by atoms with van der Waals surface area (Å²) in [6, 6.07) is 9.48. The van der Waals surface area contributed by atoms with Crippen molar-refractivity contribution in [1.82, 2.24) is 10.2 Å². The molecule has 0 spiro atoms. The number of H-pyrrole nitrogens is 1. The molecule has 1 aliphatic heterocycles. The van der Waals surface area contributed by atoms with E-state index in [-0.39, 0.29) is 5.69 Å². The molecule has 0 saturated carbocycles. The van der Waals surface area contributed by atoms with Crippen molar-refractivity contribution in [2.75, 3.05) is 31.2 Å². The van der Waals surface area contributed by atoms with Gasteiger partial charge in [0.15, 0.2) is 0 Å². The molecule has 6 nitrogen and oxygen atoms in total. The molecule has 0 amide bonds. The smallest absolute Gasteiger partial charge is 0.353 e. The van der Waals surface area contributed by atoms with E-state index in [9.17, 15) is 4.79 Å². The van der Waals surface area contributed by atoms with Crippen molar-refractivity contribution in [2.24, 2.45) is 0 Å². The van der Waals surface area contributed by atoms with Crippen LogP contribution in [-0.4, -0.2) is 47.6 Å². The summed E-state index contributed by atoms with van der Waals surface area (Å²) in [6.45, 7) is 3.19. The molecule has 0 unspecified atom stereocenters. The Balaban J connectivity index is 1.87. The predicted molar refractivity (Wildman–Crippen MR) is 74.0 cm³/mol. The molecule has 0 aliphatic carbocycles. The van der Waals surface area contributed by atoms with Crippen LogP contribution in [0.4, 0.5) is 5.69 Å². The van der Waals surface area contributed by atoms with Gasteiger partial charge in [0, 0.05) is 24.3 Å². The van der Waals surface area contributed by atoms with Gasteiger partial charge in [0.05, 0.1) is 18.9 Å². The lowest BCUT2D eigenvalue weighted by atomic mass is 10.1. The highest BCUT2D eigenvalue weighted by molar-refractivity contribution is 5.87. The molecule has 2 heterocycles. The van der Waals surface area contributed by atoms with Crippen LogP contribution < -0.4 is 4.90 Å². The van der Waals surface area contributed by atoms with Crippen molar-refractivity contribution in [3.63, 3.8) is 0 Å². The van der Waals surface area contributed by atoms with Crippen LogP contribution in [-0.2, 0) is 4.74 Å². The summed E-state index contributed by atoms with van der Waals surface area (Å²) in [6.07, 6.45) is 0. The zero-order valence-electron chi connectivity index (χ0n) is 10.9. The zero-order chi connectivity index (χ0) is 13.9. The third-order valence-electron chi connectivity index (χ3n) is 3.33. The molecule has 1 aliphatic rings. The Kier molecular flexibility index (Phi) is 3.39. The highest BCUT2D eigenvalue weighted by Gasteiger charge is 2.13. The van der Waals surface area contributed by atoms with Crippen LogP contribution in [0.15, 0.2) is 30.3 Å². The number of anilines is 1. The number of morpholine rings is 1. The SMILES string of the molecule is O=C(O)c1cc(-c2cccc(N3CCOCC3)c2)n[nH]1. The summed E-state index contributed by atoms with van der Waals surface area (Å²) in [4.78, 5) is 13.1. The van der Waals surface area contributed by atoms with Gasteiger partial charge in [-0.2, -0.15) is 5.10 Å². The lowest BCUT2D eigenvalue weighted by Crippen LogP contribution is -2.36. The monoisotopic (exact) mass is 273 g/mol. The minimum absolute atomic E-state index is 0.0942. The first-order valence-corrected chi connectivity index (χ1v) is 6.46. The van der Waals surface area contributed by atoms with Crippen LogP contribution in [0.1, 0.15) is 10.5 Å². The number of aromatic nitrogens is 2. The van der Waals surface area contributed by atoms with Crippen molar-refractivity contribution in [3.05, 3.63) is 36.0 Å². The summed E-state index contributed by atoms with van der Waals surface area (Å²) >= 11 is 0. The lowest BCUT2D eigenvalue weighted by molar-refractivity contribution is 0.0690. The highest BCUT2D eigenvalue weighted by Crippen LogP contribution is 2.24. The van der Waals surface area contributed by atoms with E-state index in [1.807, 2.05) is 24.3 Å². The molecule has 20 heavy (non-hydrogen) atoms. The first-order valence-electron chi connectivity index (χ1n) is 6.46. The van der Waals surface area contributed by atoms with E-state index in [4.69, 9.17) is 9.84 Å². The molecule has 104 valence electrons. The number of carboxylic acids is 1. The molecule has 0 radical (unpaired) electrons. The van der Waals surface area contributed by atoms with Gasteiger partial charge >= 0.3 is 5.97 Å². The molecule has 1 saturated heterocycles. The fourth-order valence-corrected chi connectivity index (χ4v) is 2.26. The average Bonchev–Trinajstić information content (AvgIpc) is 2.98. The molecule has 0 atom stereocenters. The normalized spacial score (nSPS) is 15.3. The summed E-state index contributed by atoms with van der Waals surface area (Å²) in [5, 5.41) is 15.5. The van der Waals surface area contributed by atoms with E-state index in [0.29, 0.717) is 5.69 Å². The Morgan fingerprint density at radius 1 is 1.30 bits per heavy atom. The van der Waals surface area contributed by atoms with Crippen LogP contribution >= 0.6 is 0 Å². The second-order valence-corrected chi connectivity index (χ2v) is 4.62. The number of nitrogens with zero attached hydrogens (tertiary/aromatic N) is 2. The average molecular weight is 273 g/mol. The molecule has 1 fully saturated rings. The minimum Gasteiger partial charge on any atom is -0.477 e. The van der Waals surface area contributed by atoms with E-state index in [2.05, 4.69) is 15.1 Å². The largest absolute Gasteiger partial charge is 0.477 e. The Morgan fingerprint density at radius 2 is 2.10 bits per heavy atom. The van der Waals surface area contributed by atoms with Crippen molar-refractivity contribution in [3.8, 4) is 11.3 Å². The fraction of sp³-hybridized carbons (Fsp3) is 0.286. The number of hydrogen-bond donors (Lipinski definition) is 2. The summed E-state index contributed by atoms with van der Waals surface area (Å²) in [7, 11) is 0. The Morgan fingerprint density at radius 3 is 2.80 bits per heavy atom. The van der Waals surface area contributed by atoms with Crippen LogP contribution in [0, 0.1) is 0 Å². The van der Waals surface area contributed by atoms with Crippen molar-refractivity contribution in [1.29, 1.82) is 0 Å². The standard InChI is InChI=1S/C14H15N3O3/c18-14(19)13-9-12(15-16-13)10-2-1-3-11(8-10)17-4-6-20-7-5-17/h1-3,8-9H,4-7H2,(H,15,16)(H,18,19). The van der Waals surface area contributed by atoms with Gasteiger partial charge in [-0.3, -0.25) is 5.10 Å². The Hall–Kier alpha value is -2.34. The number of carboxylic acid groups (broad SMARTS) is 1. The maximum absolute atomic E-state index is 10.9. The minimum atomic E-state index is -1.01. The maximum Gasteiger partial charge on any atom is 0.353 e. The van der Waals surface area contributed by atoms with E-state index in [1.54, 1.807) is 6.07 Å². The molecular weight excluding hydrogens is 258 g/mol. The van der Waals surface area contributed by atoms with Gasteiger partial charge < -0.3 is 14.7 Å². The molecule has 2 N–H and O–H groups in total. The van der Waals surface area contributed by atoms with E-state index in [0.717, 1.165) is 37.6 Å². The highest BCUT2D eigenvalue weighted by atomic mass is 16.5. The summed E-state index contributed by atoms with van der Waals surface area (Å²) < 4.78 is 5.34. The van der Waals surface area contributed by atoms with Gasteiger partial charge in [0.25, 0.3) is 0 Å². The van der Waals surface area contributed by atoms with Gasteiger partial charge in [-0.15, -0.1) is 0 Å². The molecule has 1 aromatic carbocycles. The van der Waals surface area contributed by atoms with Gasteiger partial charge in [-0.25, -0.2) is 4.79 Å². The predicted octanol–water partition coefficient (Wildman–Crippen LogP) is 1.61.